The van der Waals surface area contributed by atoms with Crippen molar-refractivity contribution in [1.29, 1.82) is 0 Å². The summed E-state index contributed by atoms with van der Waals surface area (Å²) in [4.78, 5) is 38.0. The minimum atomic E-state index is -1.16. The molecule has 2 amide bonds. The van der Waals surface area contributed by atoms with Crippen molar-refractivity contribution >= 4 is 18.0 Å². The topological polar surface area (TPSA) is 132 Å². The normalized spacial score (nSPS) is 13.5. The molecule has 4 aromatic rings. The molecule has 216 valence electrons. The Labute approximate surface area is 243 Å². The van der Waals surface area contributed by atoms with Crippen molar-refractivity contribution in [3.8, 4) is 11.1 Å². The van der Waals surface area contributed by atoms with Crippen LogP contribution in [-0.4, -0.2) is 51.6 Å². The molecule has 3 N–H and O–H groups in total. The molecule has 5 rings (SSSR count). The maximum Gasteiger partial charge on any atom is 0.407 e. The number of carbonyl (C=O) groups excluding carboxylic acids is 2. The van der Waals surface area contributed by atoms with E-state index in [-0.39, 0.29) is 31.4 Å². The number of hydrogen-bond donors (Lipinski definition) is 3. The fourth-order valence-corrected chi connectivity index (χ4v) is 5.24. The lowest BCUT2D eigenvalue weighted by Gasteiger charge is -2.25. The molecule has 1 aliphatic carbocycles. The van der Waals surface area contributed by atoms with Crippen LogP contribution in [0.4, 0.5) is 4.79 Å². The summed E-state index contributed by atoms with van der Waals surface area (Å²) in [5.74, 6) is -1.85. The Morgan fingerprint density at radius 3 is 2.21 bits per heavy atom. The number of aromatic nitrogens is 2. The number of carboxylic acids is 1. The zero-order valence-corrected chi connectivity index (χ0v) is 23.3. The van der Waals surface area contributed by atoms with Gasteiger partial charge >= 0.3 is 12.1 Å². The minimum absolute atomic E-state index is 0.0373. The highest BCUT2D eigenvalue weighted by Crippen LogP contribution is 2.44. The van der Waals surface area contributed by atoms with E-state index in [1.807, 2.05) is 66.7 Å². The summed E-state index contributed by atoms with van der Waals surface area (Å²) in [5.41, 5.74) is 5.57. The summed E-state index contributed by atoms with van der Waals surface area (Å²) in [6, 6.07) is 24.4. The van der Waals surface area contributed by atoms with E-state index in [9.17, 15) is 19.5 Å². The highest BCUT2D eigenvalue weighted by molar-refractivity contribution is 5.88. The summed E-state index contributed by atoms with van der Waals surface area (Å²) >= 11 is 0. The second-order valence-electron chi connectivity index (χ2n) is 10.1. The number of hydrogen-bond acceptors (Lipinski definition) is 6. The van der Waals surface area contributed by atoms with E-state index < -0.39 is 30.1 Å². The average Bonchev–Trinajstić information content (AvgIpc) is 3.54. The Morgan fingerprint density at radius 1 is 0.952 bits per heavy atom. The van der Waals surface area contributed by atoms with E-state index in [0.717, 1.165) is 27.8 Å². The van der Waals surface area contributed by atoms with Gasteiger partial charge in [0.15, 0.2) is 5.69 Å². The second-order valence-corrected chi connectivity index (χ2v) is 10.1. The molecule has 42 heavy (non-hydrogen) atoms. The molecule has 0 radical (unpaired) electrons. The van der Waals surface area contributed by atoms with Crippen molar-refractivity contribution in [2.45, 2.75) is 38.1 Å². The average molecular weight is 569 g/mol. The molecule has 0 bridgehead atoms. The number of alkyl carbamates (subject to hydrolysis) is 1. The molecule has 3 aromatic carbocycles. The number of amides is 2. The zero-order chi connectivity index (χ0) is 29.6. The van der Waals surface area contributed by atoms with Crippen LogP contribution >= 0.6 is 0 Å². The van der Waals surface area contributed by atoms with Crippen molar-refractivity contribution in [1.82, 2.24) is 20.4 Å². The lowest BCUT2D eigenvalue weighted by atomic mass is 9.98. The van der Waals surface area contributed by atoms with Gasteiger partial charge < -0.3 is 25.2 Å². The summed E-state index contributed by atoms with van der Waals surface area (Å²) in [7, 11) is 1.51. The molecular formula is C32H32N4O6. The first kappa shape index (κ1) is 28.6. The predicted molar refractivity (Wildman–Crippen MR) is 155 cm³/mol. The van der Waals surface area contributed by atoms with Gasteiger partial charge in [-0.1, -0.05) is 78.9 Å². The Hall–Kier alpha value is -4.96. The second kappa shape index (κ2) is 12.7. The Morgan fingerprint density at radius 2 is 1.57 bits per heavy atom. The van der Waals surface area contributed by atoms with Crippen molar-refractivity contribution in [2.24, 2.45) is 7.05 Å². The van der Waals surface area contributed by atoms with E-state index in [1.54, 1.807) is 6.92 Å². The van der Waals surface area contributed by atoms with Gasteiger partial charge in [0.25, 0.3) is 0 Å². The summed E-state index contributed by atoms with van der Waals surface area (Å²) in [5, 5.41) is 18.8. The lowest BCUT2D eigenvalue weighted by Crippen LogP contribution is -2.53. The Balaban J connectivity index is 1.27. The maximum absolute atomic E-state index is 13.3. The molecule has 0 aliphatic heterocycles. The predicted octanol–water partition coefficient (Wildman–Crippen LogP) is 4.25. The number of benzene rings is 3. The van der Waals surface area contributed by atoms with Gasteiger partial charge in [0.1, 0.15) is 12.6 Å². The molecule has 1 aromatic heterocycles. The van der Waals surface area contributed by atoms with E-state index in [1.165, 1.54) is 17.9 Å². The van der Waals surface area contributed by atoms with Crippen LogP contribution in [0.15, 0.2) is 85.1 Å². The monoisotopic (exact) mass is 568 g/mol. The van der Waals surface area contributed by atoms with Crippen LogP contribution in [0.25, 0.3) is 11.1 Å². The smallest absolute Gasteiger partial charge is 0.407 e. The van der Waals surface area contributed by atoms with Gasteiger partial charge in [-0.2, -0.15) is 5.10 Å². The van der Waals surface area contributed by atoms with E-state index in [2.05, 4.69) is 27.9 Å². The molecular weight excluding hydrogens is 536 g/mol. The number of nitrogens with zero attached hydrogens (tertiary/aromatic N) is 2. The van der Waals surface area contributed by atoms with Crippen molar-refractivity contribution in [3.05, 3.63) is 113 Å². The van der Waals surface area contributed by atoms with E-state index >= 15 is 0 Å². The molecule has 10 heteroatoms. The minimum Gasteiger partial charge on any atom is -0.477 e. The van der Waals surface area contributed by atoms with Gasteiger partial charge in [-0.3, -0.25) is 9.48 Å². The lowest BCUT2D eigenvalue weighted by molar-refractivity contribution is -0.127. The number of rotatable bonds is 11. The molecule has 2 atom stereocenters. The van der Waals surface area contributed by atoms with Crippen LogP contribution in [0.2, 0.25) is 0 Å². The van der Waals surface area contributed by atoms with Crippen molar-refractivity contribution in [2.75, 3.05) is 6.61 Å². The molecule has 2 unspecified atom stereocenters. The summed E-state index contributed by atoms with van der Waals surface area (Å²) in [6.07, 6.45) is -0.120. The SMILES string of the molecule is CC(OCc1ccccc1)C(NC(=O)OCC1c2ccccc2-c2ccccc21)C(=O)NCc1cnn(C)c1C(=O)O. The van der Waals surface area contributed by atoms with Crippen LogP contribution in [0, 0.1) is 0 Å². The van der Waals surface area contributed by atoms with Crippen LogP contribution in [0.1, 0.15) is 45.6 Å². The fraction of sp³-hybridized carbons (Fsp3) is 0.250. The van der Waals surface area contributed by atoms with Crippen LogP contribution in [0.5, 0.6) is 0 Å². The van der Waals surface area contributed by atoms with Crippen molar-refractivity contribution in [3.63, 3.8) is 0 Å². The van der Waals surface area contributed by atoms with Crippen molar-refractivity contribution < 1.29 is 29.0 Å². The standard InChI is InChI=1S/C32H32N4O6/c1-20(41-18-21-10-4-3-5-11-21)28(30(37)33-16-22-17-34-36(2)29(22)31(38)39)35-32(40)42-19-27-25-14-8-6-12-23(25)24-13-7-9-15-26(24)27/h3-15,17,20,27-28H,16,18-19H2,1-2H3,(H,33,37)(H,35,40)(H,38,39). The Bertz CT molecular complexity index is 1540. The third-order valence-corrected chi connectivity index (χ3v) is 7.39. The maximum atomic E-state index is 13.3. The third kappa shape index (κ3) is 6.18. The zero-order valence-electron chi connectivity index (χ0n) is 23.3. The highest BCUT2D eigenvalue weighted by atomic mass is 16.5. The van der Waals surface area contributed by atoms with E-state index in [4.69, 9.17) is 9.47 Å². The number of fused-ring (bicyclic) bond motifs is 3. The number of nitrogens with one attached hydrogen (secondary N) is 2. The molecule has 0 saturated carbocycles. The van der Waals surface area contributed by atoms with Crippen LogP contribution < -0.4 is 10.6 Å². The van der Waals surface area contributed by atoms with Crippen LogP contribution in [0.3, 0.4) is 0 Å². The highest BCUT2D eigenvalue weighted by Gasteiger charge is 2.32. The molecule has 10 nitrogen and oxygen atoms in total. The molecule has 0 spiro atoms. The fourth-order valence-electron chi connectivity index (χ4n) is 5.24. The first-order valence-corrected chi connectivity index (χ1v) is 13.6. The molecule has 1 heterocycles. The molecule has 0 saturated heterocycles. The van der Waals surface area contributed by atoms with E-state index in [0.29, 0.717) is 5.56 Å². The first-order valence-electron chi connectivity index (χ1n) is 13.6. The Kier molecular flexibility index (Phi) is 8.63. The van der Waals surface area contributed by atoms with Gasteiger partial charge in [-0.15, -0.1) is 0 Å². The summed E-state index contributed by atoms with van der Waals surface area (Å²) < 4.78 is 12.9. The van der Waals surface area contributed by atoms with Gasteiger partial charge in [0.05, 0.1) is 18.9 Å². The number of carboxylic acid groups (broad SMARTS) is 1. The van der Waals surface area contributed by atoms with Gasteiger partial charge in [-0.25, -0.2) is 9.59 Å². The first-order chi connectivity index (χ1) is 20.3. The largest absolute Gasteiger partial charge is 0.477 e. The van der Waals surface area contributed by atoms with Crippen LogP contribution in [-0.2, 0) is 34.5 Å². The van der Waals surface area contributed by atoms with Gasteiger partial charge in [-0.05, 0) is 34.7 Å². The number of aryl methyl sites for hydroxylation is 1. The van der Waals surface area contributed by atoms with Gasteiger partial charge in [0.2, 0.25) is 5.91 Å². The summed E-state index contributed by atoms with van der Waals surface area (Å²) in [6.45, 7) is 1.90. The molecule has 1 aliphatic rings. The quantitative estimate of drug-likeness (QED) is 0.247. The van der Waals surface area contributed by atoms with Gasteiger partial charge in [0, 0.05) is 25.1 Å². The third-order valence-electron chi connectivity index (χ3n) is 7.39. The number of carbonyl (C=O) groups is 3. The number of aromatic carboxylic acids is 1. The molecule has 0 fully saturated rings. The number of ether oxygens (including phenoxy) is 2.